The fourth-order valence-corrected chi connectivity index (χ4v) is 1.13. The van der Waals surface area contributed by atoms with Gasteiger partial charge < -0.3 is 15.8 Å². The number of carbonyl (C=O) groups excluding carboxylic acids is 1. The summed E-state index contributed by atoms with van der Waals surface area (Å²) in [5.74, 6) is 0.0798. The molecular weight excluding hydrogens is 194 g/mol. The van der Waals surface area contributed by atoms with Crippen LogP contribution < -0.4 is 5.73 Å². The summed E-state index contributed by atoms with van der Waals surface area (Å²) in [4.78, 5) is 13.6. The summed E-state index contributed by atoms with van der Waals surface area (Å²) in [5, 5.41) is 11.3. The van der Waals surface area contributed by atoms with Crippen molar-refractivity contribution in [3.05, 3.63) is 0 Å². The summed E-state index contributed by atoms with van der Waals surface area (Å²) in [5.41, 5.74) is 4.98. The number of nitrogens with zero attached hydrogens (tertiary/aromatic N) is 2. The fraction of sp³-hybridized carbons (Fsp3) is 0.800. The van der Waals surface area contributed by atoms with E-state index in [4.69, 9.17) is 10.9 Å². The van der Waals surface area contributed by atoms with Gasteiger partial charge in [-0.2, -0.15) is 0 Å². The molecule has 0 rings (SSSR count). The minimum Gasteiger partial charge on any atom is -0.409 e. The topological polar surface area (TPSA) is 78.9 Å². The second kappa shape index (κ2) is 5.58. The first-order chi connectivity index (χ1) is 6.88. The van der Waals surface area contributed by atoms with Gasteiger partial charge in [-0.1, -0.05) is 25.9 Å². The molecule has 0 atom stereocenters. The highest BCUT2D eigenvalue weighted by Crippen LogP contribution is 2.22. The molecule has 0 unspecified atom stereocenters. The van der Waals surface area contributed by atoms with Gasteiger partial charge in [-0.25, -0.2) is 0 Å². The summed E-state index contributed by atoms with van der Waals surface area (Å²) < 4.78 is 0. The van der Waals surface area contributed by atoms with Gasteiger partial charge in [-0.15, -0.1) is 0 Å². The lowest BCUT2D eigenvalue weighted by molar-refractivity contribution is -0.139. The van der Waals surface area contributed by atoms with Gasteiger partial charge in [0, 0.05) is 12.0 Å². The quantitative estimate of drug-likeness (QED) is 0.311. The zero-order valence-corrected chi connectivity index (χ0v) is 9.95. The molecule has 0 fully saturated rings. The van der Waals surface area contributed by atoms with Crippen molar-refractivity contribution in [3.8, 4) is 0 Å². The van der Waals surface area contributed by atoms with E-state index in [0.29, 0.717) is 6.54 Å². The van der Waals surface area contributed by atoms with Gasteiger partial charge in [0.15, 0.2) is 5.84 Å². The van der Waals surface area contributed by atoms with E-state index in [1.165, 1.54) is 0 Å². The third-order valence-corrected chi connectivity index (χ3v) is 2.61. The van der Waals surface area contributed by atoms with E-state index in [0.717, 1.165) is 6.42 Å². The first kappa shape index (κ1) is 13.7. The van der Waals surface area contributed by atoms with E-state index in [9.17, 15) is 4.79 Å². The normalized spacial score (nSPS) is 12.7. The molecule has 0 aromatic heterocycles. The Morgan fingerprint density at radius 3 is 2.33 bits per heavy atom. The standard InChI is InChI=1S/C10H21N3O2/c1-5-10(3,4)9(14)13(6-2)7-8(11)12-15/h15H,5-7H2,1-4H3,(H2,11,12). The maximum atomic E-state index is 12.0. The van der Waals surface area contributed by atoms with E-state index < -0.39 is 5.41 Å². The second-order valence-corrected chi connectivity index (χ2v) is 4.15. The number of hydrogen-bond acceptors (Lipinski definition) is 3. The van der Waals surface area contributed by atoms with Crippen LogP contribution in [0.2, 0.25) is 0 Å². The van der Waals surface area contributed by atoms with E-state index in [2.05, 4.69) is 5.16 Å². The van der Waals surface area contributed by atoms with Crippen LogP contribution in [0, 0.1) is 5.41 Å². The van der Waals surface area contributed by atoms with Crippen molar-refractivity contribution in [2.45, 2.75) is 34.1 Å². The number of likely N-dealkylation sites (N-methyl/N-ethyl adjacent to an activating group) is 1. The van der Waals surface area contributed by atoms with Crippen LogP contribution in [0.5, 0.6) is 0 Å². The Labute approximate surface area is 90.9 Å². The maximum absolute atomic E-state index is 12.0. The molecule has 0 radical (unpaired) electrons. The zero-order chi connectivity index (χ0) is 12.1. The number of oxime groups is 1. The van der Waals surface area contributed by atoms with Crippen molar-refractivity contribution in [2.24, 2.45) is 16.3 Å². The van der Waals surface area contributed by atoms with Crippen LogP contribution in [0.1, 0.15) is 34.1 Å². The molecular formula is C10H21N3O2. The summed E-state index contributed by atoms with van der Waals surface area (Å²) in [6, 6.07) is 0. The first-order valence-electron chi connectivity index (χ1n) is 5.14. The highest BCUT2D eigenvalue weighted by molar-refractivity contribution is 5.89. The first-order valence-corrected chi connectivity index (χ1v) is 5.14. The second-order valence-electron chi connectivity index (χ2n) is 4.15. The molecule has 1 amide bonds. The molecule has 88 valence electrons. The molecule has 0 heterocycles. The molecule has 0 aliphatic heterocycles. The lowest BCUT2D eigenvalue weighted by Crippen LogP contribution is -2.44. The number of nitrogens with two attached hydrogens (primary N) is 1. The Balaban J connectivity index is 4.62. The molecule has 0 spiro atoms. The largest absolute Gasteiger partial charge is 0.409 e. The van der Waals surface area contributed by atoms with Gasteiger partial charge in [-0.3, -0.25) is 4.79 Å². The third kappa shape index (κ3) is 3.77. The minimum atomic E-state index is -0.397. The van der Waals surface area contributed by atoms with Crippen LogP contribution in [0.25, 0.3) is 0 Å². The number of amides is 1. The number of amidine groups is 1. The molecule has 5 heteroatoms. The van der Waals surface area contributed by atoms with E-state index >= 15 is 0 Å². The molecule has 0 saturated carbocycles. The molecule has 0 aliphatic rings. The molecule has 0 bridgehead atoms. The molecule has 5 nitrogen and oxygen atoms in total. The Hall–Kier alpha value is -1.26. The van der Waals surface area contributed by atoms with Gasteiger partial charge in [0.1, 0.15) is 0 Å². The summed E-state index contributed by atoms with van der Waals surface area (Å²) >= 11 is 0. The molecule has 15 heavy (non-hydrogen) atoms. The molecule has 0 aromatic carbocycles. The van der Waals surface area contributed by atoms with Crippen molar-refractivity contribution in [1.82, 2.24) is 4.90 Å². The highest BCUT2D eigenvalue weighted by atomic mass is 16.4. The van der Waals surface area contributed by atoms with Crippen molar-refractivity contribution in [1.29, 1.82) is 0 Å². The summed E-state index contributed by atoms with van der Waals surface area (Å²) in [7, 11) is 0. The lowest BCUT2D eigenvalue weighted by Gasteiger charge is -2.30. The van der Waals surface area contributed by atoms with Crippen LogP contribution in [0.15, 0.2) is 5.16 Å². The average molecular weight is 215 g/mol. The van der Waals surface area contributed by atoms with E-state index in [1.807, 2.05) is 27.7 Å². The Bertz CT molecular complexity index is 249. The van der Waals surface area contributed by atoms with Gasteiger partial charge >= 0.3 is 0 Å². The van der Waals surface area contributed by atoms with E-state index in [1.54, 1.807) is 4.90 Å². The lowest BCUT2D eigenvalue weighted by atomic mass is 9.88. The van der Waals surface area contributed by atoms with Gasteiger partial charge in [0.25, 0.3) is 0 Å². The predicted octanol–water partition coefficient (Wildman–Crippen LogP) is 1.02. The van der Waals surface area contributed by atoms with Crippen molar-refractivity contribution in [3.63, 3.8) is 0 Å². The Morgan fingerprint density at radius 2 is 2.00 bits per heavy atom. The Morgan fingerprint density at radius 1 is 1.47 bits per heavy atom. The van der Waals surface area contributed by atoms with Crippen molar-refractivity contribution >= 4 is 11.7 Å². The van der Waals surface area contributed by atoms with Crippen LogP contribution in [-0.4, -0.2) is 34.9 Å². The monoisotopic (exact) mass is 215 g/mol. The van der Waals surface area contributed by atoms with Gasteiger partial charge in [0.05, 0.1) is 6.54 Å². The maximum Gasteiger partial charge on any atom is 0.228 e. The van der Waals surface area contributed by atoms with Crippen LogP contribution in [-0.2, 0) is 4.79 Å². The van der Waals surface area contributed by atoms with E-state index in [-0.39, 0.29) is 18.3 Å². The SMILES string of the molecule is CCN(CC(N)=NO)C(=O)C(C)(C)CC. The van der Waals surface area contributed by atoms with Gasteiger partial charge in [-0.05, 0) is 13.3 Å². The Kier molecular flexibility index (Phi) is 5.11. The molecule has 0 aliphatic carbocycles. The average Bonchev–Trinajstić information content (AvgIpc) is 2.24. The smallest absolute Gasteiger partial charge is 0.228 e. The molecule has 3 N–H and O–H groups in total. The predicted molar refractivity (Wildman–Crippen MR) is 59.7 cm³/mol. The van der Waals surface area contributed by atoms with Crippen LogP contribution >= 0.6 is 0 Å². The number of hydrogen-bond donors (Lipinski definition) is 2. The minimum absolute atomic E-state index is 0.0269. The summed E-state index contributed by atoms with van der Waals surface area (Å²) in [6.45, 7) is 8.35. The molecule has 0 saturated heterocycles. The summed E-state index contributed by atoms with van der Waals surface area (Å²) in [6.07, 6.45) is 0.762. The van der Waals surface area contributed by atoms with Crippen LogP contribution in [0.4, 0.5) is 0 Å². The van der Waals surface area contributed by atoms with Crippen molar-refractivity contribution in [2.75, 3.05) is 13.1 Å². The third-order valence-electron chi connectivity index (χ3n) is 2.61. The van der Waals surface area contributed by atoms with Crippen molar-refractivity contribution < 1.29 is 10.0 Å². The number of rotatable bonds is 5. The van der Waals surface area contributed by atoms with Gasteiger partial charge in [0.2, 0.25) is 5.91 Å². The van der Waals surface area contributed by atoms with Crippen LogP contribution in [0.3, 0.4) is 0 Å². The zero-order valence-electron chi connectivity index (χ0n) is 9.95. The number of carbonyl (C=O) groups is 1. The molecule has 0 aromatic rings. The highest BCUT2D eigenvalue weighted by Gasteiger charge is 2.29. The fourth-order valence-electron chi connectivity index (χ4n) is 1.13.